The van der Waals surface area contributed by atoms with Gasteiger partial charge in [-0.1, -0.05) is 0 Å². The first-order valence-electron chi connectivity index (χ1n) is 4.42. The van der Waals surface area contributed by atoms with Gasteiger partial charge in [0.15, 0.2) is 5.75 Å². The first kappa shape index (κ1) is 12.0. The molecule has 0 heterocycles. The smallest absolute Gasteiger partial charge is 0.338 e. The second-order valence-electron chi connectivity index (χ2n) is 3.09. The summed E-state index contributed by atoms with van der Waals surface area (Å²) in [5, 5.41) is 10.7. The highest BCUT2D eigenvalue weighted by Gasteiger charge is 2.20. The number of methoxy groups -OCH3 is 2. The molecule has 0 saturated heterocycles. The number of hydrogen-bond donors (Lipinski definition) is 0. The van der Waals surface area contributed by atoms with Crippen molar-refractivity contribution >= 4 is 11.7 Å². The fourth-order valence-corrected chi connectivity index (χ4v) is 1.31. The van der Waals surface area contributed by atoms with Crippen molar-refractivity contribution in [2.75, 3.05) is 14.2 Å². The molecule has 0 aromatic heterocycles. The normalized spacial score (nSPS) is 9.69. The lowest BCUT2D eigenvalue weighted by atomic mass is 10.1. The van der Waals surface area contributed by atoms with Gasteiger partial charge >= 0.3 is 11.7 Å². The Hall–Kier alpha value is -2.11. The lowest BCUT2D eigenvalue weighted by molar-refractivity contribution is -0.385. The van der Waals surface area contributed by atoms with Gasteiger partial charge in [0.2, 0.25) is 0 Å². The number of hydrogen-bond acceptors (Lipinski definition) is 5. The predicted octanol–water partition coefficient (Wildman–Crippen LogP) is 1.70. The van der Waals surface area contributed by atoms with E-state index in [-0.39, 0.29) is 17.0 Å². The van der Waals surface area contributed by atoms with E-state index in [4.69, 9.17) is 4.74 Å². The lowest BCUT2D eigenvalue weighted by Crippen LogP contribution is -2.05. The van der Waals surface area contributed by atoms with Crippen LogP contribution in [0.1, 0.15) is 15.9 Å². The topological polar surface area (TPSA) is 78.7 Å². The highest BCUT2D eigenvalue weighted by atomic mass is 16.6. The average Bonchev–Trinajstić information content (AvgIpc) is 2.27. The number of nitrogens with zero attached hydrogens (tertiary/aromatic N) is 1. The molecular weight excluding hydrogens is 214 g/mol. The molecule has 1 aromatic rings. The van der Waals surface area contributed by atoms with E-state index >= 15 is 0 Å². The standard InChI is InChI=1S/C10H11NO5/c1-6-4-8(11(13)14)9(15-2)5-7(6)10(12)16-3/h4-5H,1-3H3. The Kier molecular flexibility index (Phi) is 3.44. The molecule has 0 amide bonds. The minimum Gasteiger partial charge on any atom is -0.490 e. The summed E-state index contributed by atoms with van der Waals surface area (Å²) in [6.07, 6.45) is 0. The zero-order valence-corrected chi connectivity index (χ0v) is 9.14. The summed E-state index contributed by atoms with van der Waals surface area (Å²) in [5.74, 6) is -0.512. The molecule has 86 valence electrons. The van der Waals surface area contributed by atoms with Crippen LogP contribution in [0, 0.1) is 17.0 Å². The molecule has 6 heteroatoms. The monoisotopic (exact) mass is 225 g/mol. The molecule has 0 atom stereocenters. The van der Waals surface area contributed by atoms with E-state index in [0.717, 1.165) is 0 Å². The van der Waals surface area contributed by atoms with E-state index in [1.165, 1.54) is 26.4 Å². The van der Waals surface area contributed by atoms with Crippen molar-refractivity contribution in [2.45, 2.75) is 6.92 Å². The third-order valence-electron chi connectivity index (χ3n) is 2.13. The van der Waals surface area contributed by atoms with Crippen LogP contribution in [-0.4, -0.2) is 25.1 Å². The Morgan fingerprint density at radius 3 is 2.44 bits per heavy atom. The van der Waals surface area contributed by atoms with Gasteiger partial charge in [-0.25, -0.2) is 4.79 Å². The molecule has 0 N–H and O–H groups in total. The predicted molar refractivity (Wildman–Crippen MR) is 55.7 cm³/mol. The Bertz CT molecular complexity index is 441. The van der Waals surface area contributed by atoms with Crippen molar-refractivity contribution in [1.29, 1.82) is 0 Å². The van der Waals surface area contributed by atoms with E-state index in [1.54, 1.807) is 6.92 Å². The highest BCUT2D eigenvalue weighted by molar-refractivity contribution is 5.92. The number of nitro groups is 1. The number of rotatable bonds is 3. The fourth-order valence-electron chi connectivity index (χ4n) is 1.31. The lowest BCUT2D eigenvalue weighted by Gasteiger charge is -2.07. The van der Waals surface area contributed by atoms with Crippen LogP contribution in [0.3, 0.4) is 0 Å². The van der Waals surface area contributed by atoms with Crippen LogP contribution in [0.2, 0.25) is 0 Å². The molecule has 0 fully saturated rings. The molecule has 1 rings (SSSR count). The van der Waals surface area contributed by atoms with E-state index in [1.807, 2.05) is 0 Å². The van der Waals surface area contributed by atoms with Crippen molar-refractivity contribution in [3.05, 3.63) is 33.4 Å². The number of carbonyl (C=O) groups is 1. The summed E-state index contributed by atoms with van der Waals surface area (Å²) in [6.45, 7) is 1.60. The maximum absolute atomic E-state index is 11.3. The quantitative estimate of drug-likeness (QED) is 0.444. The van der Waals surface area contributed by atoms with Gasteiger partial charge < -0.3 is 9.47 Å². The summed E-state index contributed by atoms with van der Waals surface area (Å²) in [5.41, 5.74) is 0.553. The highest BCUT2D eigenvalue weighted by Crippen LogP contribution is 2.30. The Morgan fingerprint density at radius 2 is 2.00 bits per heavy atom. The van der Waals surface area contributed by atoms with Crippen molar-refractivity contribution in [3.8, 4) is 5.75 Å². The number of aryl methyl sites for hydroxylation is 1. The minimum atomic E-state index is -0.563. The molecular formula is C10H11NO5. The van der Waals surface area contributed by atoms with Gasteiger partial charge in [-0.15, -0.1) is 0 Å². The average molecular weight is 225 g/mol. The molecule has 0 spiro atoms. The van der Waals surface area contributed by atoms with Crippen LogP contribution in [0.5, 0.6) is 5.75 Å². The van der Waals surface area contributed by atoms with E-state index < -0.39 is 10.9 Å². The van der Waals surface area contributed by atoms with Gasteiger partial charge in [-0.3, -0.25) is 10.1 Å². The number of esters is 1. The molecule has 0 unspecified atom stereocenters. The second-order valence-corrected chi connectivity index (χ2v) is 3.09. The molecule has 0 aliphatic carbocycles. The van der Waals surface area contributed by atoms with Gasteiger partial charge in [0, 0.05) is 12.1 Å². The molecule has 0 radical (unpaired) electrons. The van der Waals surface area contributed by atoms with Crippen LogP contribution in [0.15, 0.2) is 12.1 Å². The van der Waals surface area contributed by atoms with Crippen LogP contribution in [0.4, 0.5) is 5.69 Å². The zero-order chi connectivity index (χ0) is 12.3. The van der Waals surface area contributed by atoms with Gasteiger partial charge in [0.05, 0.1) is 24.7 Å². The third-order valence-corrected chi connectivity index (χ3v) is 2.13. The van der Waals surface area contributed by atoms with Crippen molar-refractivity contribution in [1.82, 2.24) is 0 Å². The molecule has 6 nitrogen and oxygen atoms in total. The van der Waals surface area contributed by atoms with E-state index in [0.29, 0.717) is 5.56 Å². The van der Waals surface area contributed by atoms with Gasteiger partial charge in [-0.2, -0.15) is 0 Å². The second kappa shape index (κ2) is 4.61. The van der Waals surface area contributed by atoms with Crippen LogP contribution in [0.25, 0.3) is 0 Å². The third kappa shape index (κ3) is 2.10. The van der Waals surface area contributed by atoms with E-state index in [9.17, 15) is 14.9 Å². The van der Waals surface area contributed by atoms with Crippen molar-refractivity contribution in [3.63, 3.8) is 0 Å². The Labute approximate surface area is 91.9 Å². The Balaban J connectivity index is 3.37. The van der Waals surface area contributed by atoms with Gasteiger partial charge in [0.1, 0.15) is 0 Å². The van der Waals surface area contributed by atoms with Gasteiger partial charge in [0.25, 0.3) is 0 Å². The van der Waals surface area contributed by atoms with Crippen LogP contribution < -0.4 is 4.74 Å². The van der Waals surface area contributed by atoms with Gasteiger partial charge in [-0.05, 0) is 12.5 Å². The van der Waals surface area contributed by atoms with Crippen molar-refractivity contribution in [2.24, 2.45) is 0 Å². The summed E-state index contributed by atoms with van der Waals surface area (Å²) in [7, 11) is 2.55. The molecule has 0 bridgehead atoms. The maximum atomic E-state index is 11.3. The summed E-state index contributed by atoms with van der Waals surface area (Å²) in [4.78, 5) is 21.5. The minimum absolute atomic E-state index is 0.0380. The SMILES string of the molecule is COC(=O)c1cc(OC)c([N+](=O)[O-])cc1C. The maximum Gasteiger partial charge on any atom is 0.338 e. The molecule has 16 heavy (non-hydrogen) atoms. The first-order valence-corrected chi connectivity index (χ1v) is 4.42. The van der Waals surface area contributed by atoms with Crippen molar-refractivity contribution < 1.29 is 19.2 Å². The number of carbonyl (C=O) groups excluding carboxylic acids is 1. The Morgan fingerprint density at radius 1 is 1.38 bits per heavy atom. The number of nitro benzene ring substituents is 1. The summed E-state index contributed by atoms with van der Waals surface area (Å²) < 4.78 is 9.40. The van der Waals surface area contributed by atoms with E-state index in [2.05, 4.69) is 4.74 Å². The number of benzene rings is 1. The van der Waals surface area contributed by atoms with Crippen LogP contribution in [-0.2, 0) is 4.74 Å². The molecule has 1 aromatic carbocycles. The molecule has 0 saturated carbocycles. The summed E-state index contributed by atoms with van der Waals surface area (Å²) >= 11 is 0. The zero-order valence-electron chi connectivity index (χ0n) is 9.14. The number of ether oxygens (including phenoxy) is 2. The molecule has 0 aliphatic rings. The van der Waals surface area contributed by atoms with Crippen LogP contribution >= 0.6 is 0 Å². The fraction of sp³-hybridized carbons (Fsp3) is 0.300. The first-order chi connectivity index (χ1) is 7.51. The summed E-state index contributed by atoms with van der Waals surface area (Å²) in [6, 6.07) is 2.59. The largest absolute Gasteiger partial charge is 0.490 e. The molecule has 0 aliphatic heterocycles.